The molecule has 0 unspecified atom stereocenters. The summed E-state index contributed by atoms with van der Waals surface area (Å²) >= 11 is 1.53. The Balaban J connectivity index is 1.10. The summed E-state index contributed by atoms with van der Waals surface area (Å²) in [5.41, 5.74) is 3.34. The lowest BCUT2D eigenvalue weighted by atomic mass is 10.1. The summed E-state index contributed by atoms with van der Waals surface area (Å²) in [6, 6.07) is 20.3. The fraction of sp³-hybridized carbons (Fsp3) is 0.259. The van der Waals surface area contributed by atoms with E-state index in [9.17, 15) is 4.79 Å². The number of para-hydroxylation sites is 1. The van der Waals surface area contributed by atoms with E-state index in [0.717, 1.165) is 65.1 Å². The largest absolute Gasteiger partial charge is 0.486 e. The van der Waals surface area contributed by atoms with Gasteiger partial charge in [-0.1, -0.05) is 24.3 Å². The normalized spacial score (nSPS) is 16.1. The predicted octanol–water partition coefficient (Wildman–Crippen LogP) is 4.69. The van der Waals surface area contributed by atoms with Crippen molar-refractivity contribution in [2.75, 3.05) is 39.4 Å². The molecule has 0 aliphatic carbocycles. The molecule has 4 aromatic rings. The van der Waals surface area contributed by atoms with E-state index in [1.807, 2.05) is 47.5 Å². The second-order valence-electron chi connectivity index (χ2n) is 8.58. The van der Waals surface area contributed by atoms with Crippen LogP contribution in [0.2, 0.25) is 0 Å². The van der Waals surface area contributed by atoms with Crippen molar-refractivity contribution >= 4 is 28.1 Å². The van der Waals surface area contributed by atoms with Crippen LogP contribution in [0.4, 0.5) is 0 Å². The second kappa shape index (κ2) is 9.08. The Bertz CT molecular complexity index is 1340. The van der Waals surface area contributed by atoms with Crippen LogP contribution in [-0.2, 0) is 6.54 Å². The first-order chi connectivity index (χ1) is 16.7. The maximum Gasteiger partial charge on any atom is 0.264 e. The van der Waals surface area contributed by atoms with Crippen molar-refractivity contribution in [3.05, 3.63) is 77.3 Å². The zero-order chi connectivity index (χ0) is 22.9. The molecule has 0 bridgehead atoms. The molecular weight excluding hydrogens is 446 g/mol. The highest BCUT2D eigenvalue weighted by molar-refractivity contribution is 7.17. The molecular formula is C27H25N3O3S. The number of aromatic nitrogens is 1. The fourth-order valence-electron chi connectivity index (χ4n) is 4.61. The maximum absolute atomic E-state index is 13.2. The molecule has 172 valence electrons. The molecule has 6 rings (SSSR count). The van der Waals surface area contributed by atoms with E-state index in [1.165, 1.54) is 22.3 Å². The number of carbonyl (C=O) groups is 1. The molecule has 2 aromatic carbocycles. The molecule has 0 radical (unpaired) electrons. The molecule has 2 aromatic heterocycles. The Morgan fingerprint density at radius 1 is 0.912 bits per heavy atom. The molecule has 1 amide bonds. The Morgan fingerprint density at radius 2 is 1.74 bits per heavy atom. The molecule has 7 heteroatoms. The van der Waals surface area contributed by atoms with Crippen LogP contribution >= 0.6 is 11.3 Å². The predicted molar refractivity (Wildman–Crippen MR) is 134 cm³/mol. The van der Waals surface area contributed by atoms with Crippen LogP contribution in [0.1, 0.15) is 15.2 Å². The summed E-state index contributed by atoms with van der Waals surface area (Å²) in [6.45, 7) is 5.17. The third-order valence-electron chi connectivity index (χ3n) is 6.41. The Labute approximate surface area is 202 Å². The van der Waals surface area contributed by atoms with E-state index in [1.54, 1.807) is 0 Å². The molecule has 2 aliphatic heterocycles. The summed E-state index contributed by atoms with van der Waals surface area (Å²) in [7, 11) is 0. The van der Waals surface area contributed by atoms with Gasteiger partial charge in [0.05, 0.1) is 10.4 Å². The highest BCUT2D eigenvalue weighted by atomic mass is 32.1. The first-order valence-electron chi connectivity index (χ1n) is 11.6. The van der Waals surface area contributed by atoms with Gasteiger partial charge in [0.15, 0.2) is 11.5 Å². The zero-order valence-corrected chi connectivity index (χ0v) is 19.6. The molecule has 0 atom stereocenters. The van der Waals surface area contributed by atoms with Gasteiger partial charge in [0, 0.05) is 49.2 Å². The molecule has 0 saturated carbocycles. The summed E-state index contributed by atoms with van der Waals surface area (Å²) in [4.78, 5) is 24.0. The van der Waals surface area contributed by atoms with Gasteiger partial charge in [-0.05, 0) is 47.5 Å². The minimum Gasteiger partial charge on any atom is -0.486 e. The monoisotopic (exact) mass is 471 g/mol. The molecule has 34 heavy (non-hydrogen) atoms. The van der Waals surface area contributed by atoms with Crippen LogP contribution in [0.15, 0.2) is 66.9 Å². The van der Waals surface area contributed by atoms with E-state index >= 15 is 0 Å². The van der Waals surface area contributed by atoms with E-state index in [4.69, 9.17) is 9.47 Å². The first-order valence-corrected chi connectivity index (χ1v) is 12.4. The van der Waals surface area contributed by atoms with Crippen molar-refractivity contribution in [1.82, 2.24) is 14.8 Å². The van der Waals surface area contributed by atoms with Gasteiger partial charge in [0.2, 0.25) is 0 Å². The van der Waals surface area contributed by atoms with Gasteiger partial charge in [-0.15, -0.1) is 11.3 Å². The van der Waals surface area contributed by atoms with Crippen molar-refractivity contribution in [2.45, 2.75) is 6.54 Å². The number of hydrogen-bond acceptors (Lipinski definition) is 6. The first kappa shape index (κ1) is 21.1. The Morgan fingerprint density at radius 3 is 2.62 bits per heavy atom. The number of nitrogens with zero attached hydrogens (tertiary/aromatic N) is 3. The molecule has 6 nitrogen and oxygen atoms in total. The summed E-state index contributed by atoms with van der Waals surface area (Å²) < 4.78 is 11.3. The minimum absolute atomic E-state index is 0.111. The van der Waals surface area contributed by atoms with Gasteiger partial charge in [-0.25, -0.2) is 0 Å². The number of piperazine rings is 1. The van der Waals surface area contributed by atoms with Crippen LogP contribution < -0.4 is 9.47 Å². The number of hydrogen-bond donors (Lipinski definition) is 0. The van der Waals surface area contributed by atoms with E-state index in [2.05, 4.69) is 34.1 Å². The minimum atomic E-state index is 0.111. The van der Waals surface area contributed by atoms with Crippen molar-refractivity contribution in [3.63, 3.8) is 0 Å². The van der Waals surface area contributed by atoms with E-state index < -0.39 is 0 Å². The van der Waals surface area contributed by atoms with Crippen LogP contribution in [0.3, 0.4) is 0 Å². The van der Waals surface area contributed by atoms with Gasteiger partial charge in [-0.2, -0.15) is 0 Å². The number of rotatable bonds is 4. The van der Waals surface area contributed by atoms with Gasteiger partial charge >= 0.3 is 0 Å². The van der Waals surface area contributed by atoms with Gasteiger partial charge < -0.3 is 14.4 Å². The number of benzene rings is 2. The lowest BCUT2D eigenvalue weighted by Crippen LogP contribution is -2.48. The average Bonchev–Trinajstić information content (AvgIpc) is 3.39. The lowest BCUT2D eigenvalue weighted by Gasteiger charge is -2.34. The van der Waals surface area contributed by atoms with Crippen LogP contribution in [-0.4, -0.2) is 60.1 Å². The highest BCUT2D eigenvalue weighted by Crippen LogP contribution is 2.37. The molecule has 1 saturated heterocycles. The third-order valence-corrected chi connectivity index (χ3v) is 7.54. The number of carbonyl (C=O) groups excluding carboxylic acids is 1. The Kier molecular flexibility index (Phi) is 5.65. The lowest BCUT2D eigenvalue weighted by molar-refractivity contribution is 0.0633. The Hall–Kier alpha value is -3.42. The topological polar surface area (TPSA) is 54.9 Å². The van der Waals surface area contributed by atoms with Crippen LogP contribution in [0.5, 0.6) is 11.5 Å². The second-order valence-corrected chi connectivity index (χ2v) is 9.67. The summed E-state index contributed by atoms with van der Waals surface area (Å²) in [6.07, 6.45) is 1.85. The third kappa shape index (κ3) is 4.13. The van der Waals surface area contributed by atoms with Gasteiger partial charge in [0.1, 0.15) is 13.2 Å². The van der Waals surface area contributed by atoms with E-state index in [0.29, 0.717) is 13.2 Å². The van der Waals surface area contributed by atoms with Crippen molar-refractivity contribution in [3.8, 4) is 21.9 Å². The summed E-state index contributed by atoms with van der Waals surface area (Å²) in [5.74, 6) is 1.66. The van der Waals surface area contributed by atoms with E-state index in [-0.39, 0.29) is 5.91 Å². The SMILES string of the molecule is O=C(c1ccc(-c2ccc3c(c2)OCCO3)s1)N1CCN(Cc2cccc3cccnc23)CC1. The van der Waals surface area contributed by atoms with Crippen molar-refractivity contribution in [2.24, 2.45) is 0 Å². The smallest absolute Gasteiger partial charge is 0.264 e. The van der Waals surface area contributed by atoms with Crippen molar-refractivity contribution < 1.29 is 14.3 Å². The number of pyridine rings is 1. The molecule has 0 N–H and O–H groups in total. The number of ether oxygens (including phenoxy) is 2. The molecule has 1 fully saturated rings. The summed E-state index contributed by atoms with van der Waals surface area (Å²) in [5, 5.41) is 1.17. The van der Waals surface area contributed by atoms with Gasteiger partial charge in [0.25, 0.3) is 5.91 Å². The van der Waals surface area contributed by atoms with Crippen LogP contribution in [0.25, 0.3) is 21.3 Å². The quantitative estimate of drug-likeness (QED) is 0.432. The number of thiophene rings is 1. The van der Waals surface area contributed by atoms with Crippen LogP contribution in [0, 0.1) is 0 Å². The average molecular weight is 472 g/mol. The molecule has 2 aliphatic rings. The number of amides is 1. The number of fused-ring (bicyclic) bond motifs is 2. The molecule has 4 heterocycles. The zero-order valence-electron chi connectivity index (χ0n) is 18.8. The fourth-order valence-corrected chi connectivity index (χ4v) is 5.58. The van der Waals surface area contributed by atoms with Crippen molar-refractivity contribution in [1.29, 1.82) is 0 Å². The standard InChI is InChI=1S/C27H25N3O3S/c31-27(25-9-8-24(34-25)20-6-7-22-23(17-20)33-16-15-32-22)30-13-11-29(12-14-30)18-21-4-1-3-19-5-2-10-28-26(19)21/h1-10,17H,11-16,18H2. The maximum atomic E-state index is 13.2. The molecule has 0 spiro atoms. The highest BCUT2D eigenvalue weighted by Gasteiger charge is 2.24. The van der Waals surface area contributed by atoms with Gasteiger partial charge in [-0.3, -0.25) is 14.7 Å².